The molecule has 3 aromatic carbocycles. The van der Waals surface area contributed by atoms with Gasteiger partial charge in [-0.15, -0.1) is 0 Å². The summed E-state index contributed by atoms with van der Waals surface area (Å²) in [5.74, 6) is 0. The molecule has 1 N–H and O–H groups in total. The Morgan fingerprint density at radius 2 is 1.44 bits per heavy atom. The standard InChI is InChI=1S/C24H21ClN2/c1-18-20(17-26-22-10-6-3-7-11-22)16-24(19-8-4-2-5-9-19)27(18)23-14-12-21(25)13-15-23/h2-16,26H,17H2,1H3. The smallest absolute Gasteiger partial charge is 0.0534 e. The largest absolute Gasteiger partial charge is 0.381 e. The molecule has 0 bridgehead atoms. The topological polar surface area (TPSA) is 17.0 Å². The van der Waals surface area contributed by atoms with Crippen molar-refractivity contribution >= 4 is 17.3 Å². The first kappa shape index (κ1) is 17.4. The normalized spacial score (nSPS) is 10.7. The minimum absolute atomic E-state index is 0.746. The molecule has 2 nitrogen and oxygen atoms in total. The van der Waals surface area contributed by atoms with Crippen LogP contribution in [0.1, 0.15) is 11.3 Å². The lowest BCUT2D eigenvalue weighted by molar-refractivity contribution is 0.993. The van der Waals surface area contributed by atoms with E-state index in [9.17, 15) is 0 Å². The molecule has 0 aliphatic carbocycles. The summed E-state index contributed by atoms with van der Waals surface area (Å²) < 4.78 is 2.30. The highest BCUT2D eigenvalue weighted by Gasteiger charge is 2.14. The van der Waals surface area contributed by atoms with Crippen LogP contribution in [0.15, 0.2) is 91.0 Å². The van der Waals surface area contributed by atoms with E-state index in [2.05, 4.69) is 71.4 Å². The Bertz CT molecular complexity index is 1020. The highest BCUT2D eigenvalue weighted by Crippen LogP contribution is 2.30. The molecule has 4 rings (SSSR count). The van der Waals surface area contributed by atoms with Crippen LogP contribution in [-0.4, -0.2) is 4.57 Å². The molecular formula is C24H21ClN2. The molecule has 1 aromatic heterocycles. The zero-order chi connectivity index (χ0) is 18.6. The summed E-state index contributed by atoms with van der Waals surface area (Å²) in [6.07, 6.45) is 0. The summed E-state index contributed by atoms with van der Waals surface area (Å²) in [7, 11) is 0. The lowest BCUT2D eigenvalue weighted by atomic mass is 10.1. The summed E-state index contributed by atoms with van der Waals surface area (Å²) >= 11 is 6.10. The predicted octanol–water partition coefficient (Wildman–Crippen LogP) is 6.72. The highest BCUT2D eigenvalue weighted by molar-refractivity contribution is 6.30. The summed E-state index contributed by atoms with van der Waals surface area (Å²) in [6.45, 7) is 2.94. The van der Waals surface area contributed by atoms with Gasteiger partial charge in [-0.05, 0) is 60.5 Å². The fourth-order valence-corrected chi connectivity index (χ4v) is 3.46. The molecule has 4 aromatic rings. The van der Waals surface area contributed by atoms with E-state index in [0.717, 1.165) is 22.9 Å². The predicted molar refractivity (Wildman–Crippen MR) is 115 cm³/mol. The van der Waals surface area contributed by atoms with Crippen molar-refractivity contribution in [3.8, 4) is 16.9 Å². The molecule has 0 aliphatic heterocycles. The van der Waals surface area contributed by atoms with Crippen LogP contribution in [0.25, 0.3) is 16.9 Å². The molecule has 1 heterocycles. The van der Waals surface area contributed by atoms with Crippen LogP contribution in [0.2, 0.25) is 5.02 Å². The fraction of sp³-hybridized carbons (Fsp3) is 0.0833. The van der Waals surface area contributed by atoms with E-state index in [-0.39, 0.29) is 0 Å². The zero-order valence-corrected chi connectivity index (χ0v) is 15.9. The van der Waals surface area contributed by atoms with Crippen LogP contribution >= 0.6 is 11.6 Å². The lowest BCUT2D eigenvalue weighted by Crippen LogP contribution is -2.02. The number of benzene rings is 3. The van der Waals surface area contributed by atoms with Crippen molar-refractivity contribution in [2.75, 3.05) is 5.32 Å². The van der Waals surface area contributed by atoms with Crippen molar-refractivity contribution in [1.29, 1.82) is 0 Å². The molecule has 0 fully saturated rings. The number of para-hydroxylation sites is 1. The molecule has 27 heavy (non-hydrogen) atoms. The van der Waals surface area contributed by atoms with Crippen LogP contribution in [0.4, 0.5) is 5.69 Å². The summed E-state index contributed by atoms with van der Waals surface area (Å²) in [4.78, 5) is 0. The number of nitrogens with zero attached hydrogens (tertiary/aromatic N) is 1. The molecule has 0 saturated carbocycles. The van der Waals surface area contributed by atoms with Gasteiger partial charge in [0.2, 0.25) is 0 Å². The number of hydrogen-bond acceptors (Lipinski definition) is 1. The first-order chi connectivity index (χ1) is 13.2. The number of rotatable bonds is 5. The number of halogens is 1. The molecule has 0 radical (unpaired) electrons. The average Bonchev–Trinajstić information content (AvgIpc) is 3.05. The van der Waals surface area contributed by atoms with E-state index in [0.29, 0.717) is 0 Å². The van der Waals surface area contributed by atoms with Crippen LogP contribution in [0.3, 0.4) is 0 Å². The first-order valence-corrected chi connectivity index (χ1v) is 9.41. The van der Waals surface area contributed by atoms with Crippen LogP contribution in [0.5, 0.6) is 0 Å². The van der Waals surface area contributed by atoms with E-state index in [4.69, 9.17) is 11.6 Å². The molecule has 134 valence electrons. The van der Waals surface area contributed by atoms with Crippen LogP contribution in [0, 0.1) is 6.92 Å². The van der Waals surface area contributed by atoms with Gasteiger partial charge in [0.1, 0.15) is 0 Å². The minimum atomic E-state index is 0.746. The SMILES string of the molecule is Cc1c(CNc2ccccc2)cc(-c2ccccc2)n1-c1ccc(Cl)cc1. The van der Waals surface area contributed by atoms with Gasteiger partial charge < -0.3 is 9.88 Å². The number of aromatic nitrogens is 1. The van der Waals surface area contributed by atoms with Crippen molar-refractivity contribution in [2.24, 2.45) is 0 Å². The maximum Gasteiger partial charge on any atom is 0.0534 e. The van der Waals surface area contributed by atoms with E-state index in [1.54, 1.807) is 0 Å². The minimum Gasteiger partial charge on any atom is -0.381 e. The van der Waals surface area contributed by atoms with Crippen molar-refractivity contribution < 1.29 is 0 Å². The van der Waals surface area contributed by atoms with Crippen molar-refractivity contribution in [3.05, 3.63) is 107 Å². The Hall–Kier alpha value is -2.97. The van der Waals surface area contributed by atoms with Gasteiger partial charge in [-0.1, -0.05) is 60.1 Å². The number of hydrogen-bond donors (Lipinski definition) is 1. The Labute approximate surface area is 165 Å². The maximum atomic E-state index is 6.10. The molecule has 0 spiro atoms. The zero-order valence-electron chi connectivity index (χ0n) is 15.2. The van der Waals surface area contributed by atoms with Gasteiger partial charge in [0.25, 0.3) is 0 Å². The molecule has 0 atom stereocenters. The summed E-state index contributed by atoms with van der Waals surface area (Å²) in [6, 6.07) is 31.1. The van der Waals surface area contributed by atoms with Crippen LogP contribution in [-0.2, 0) is 6.54 Å². The second kappa shape index (κ2) is 7.73. The molecule has 3 heteroatoms. The van der Waals surface area contributed by atoms with Gasteiger partial charge in [-0.2, -0.15) is 0 Å². The molecule has 0 saturated heterocycles. The van der Waals surface area contributed by atoms with Crippen LogP contribution < -0.4 is 5.32 Å². The van der Waals surface area contributed by atoms with Gasteiger partial charge in [-0.25, -0.2) is 0 Å². The van der Waals surface area contributed by atoms with E-state index < -0.39 is 0 Å². The molecule has 0 unspecified atom stereocenters. The Morgan fingerprint density at radius 3 is 2.11 bits per heavy atom. The third-order valence-corrected chi connectivity index (χ3v) is 5.02. The molecule has 0 aliphatic rings. The van der Waals surface area contributed by atoms with E-state index >= 15 is 0 Å². The maximum absolute atomic E-state index is 6.10. The quantitative estimate of drug-likeness (QED) is 0.411. The molecular weight excluding hydrogens is 352 g/mol. The van der Waals surface area contributed by atoms with Crippen molar-refractivity contribution in [3.63, 3.8) is 0 Å². The second-order valence-electron chi connectivity index (χ2n) is 6.54. The van der Waals surface area contributed by atoms with Gasteiger partial charge in [0.05, 0.1) is 5.69 Å². The third-order valence-electron chi connectivity index (χ3n) is 4.76. The second-order valence-corrected chi connectivity index (χ2v) is 6.97. The van der Waals surface area contributed by atoms with E-state index in [1.807, 2.05) is 36.4 Å². The monoisotopic (exact) mass is 372 g/mol. The van der Waals surface area contributed by atoms with Gasteiger partial charge in [-0.3, -0.25) is 0 Å². The van der Waals surface area contributed by atoms with Crippen molar-refractivity contribution in [2.45, 2.75) is 13.5 Å². The van der Waals surface area contributed by atoms with Crippen molar-refractivity contribution in [1.82, 2.24) is 4.57 Å². The van der Waals surface area contributed by atoms with Gasteiger partial charge in [0.15, 0.2) is 0 Å². The third kappa shape index (κ3) is 3.76. The summed E-state index contributed by atoms with van der Waals surface area (Å²) in [5.41, 5.74) is 7.10. The fourth-order valence-electron chi connectivity index (χ4n) is 3.33. The average molecular weight is 373 g/mol. The number of nitrogens with one attached hydrogen (secondary N) is 1. The Kier molecular flexibility index (Phi) is 4.99. The number of anilines is 1. The Balaban J connectivity index is 1.76. The first-order valence-electron chi connectivity index (χ1n) is 9.04. The lowest BCUT2D eigenvalue weighted by Gasteiger charge is -2.13. The highest BCUT2D eigenvalue weighted by atomic mass is 35.5. The Morgan fingerprint density at radius 1 is 0.815 bits per heavy atom. The molecule has 0 amide bonds. The van der Waals surface area contributed by atoms with Gasteiger partial charge in [0, 0.05) is 28.6 Å². The van der Waals surface area contributed by atoms with Gasteiger partial charge >= 0.3 is 0 Å². The van der Waals surface area contributed by atoms with E-state index in [1.165, 1.54) is 22.5 Å². The summed E-state index contributed by atoms with van der Waals surface area (Å²) in [5, 5.41) is 4.27.